The molecule has 31 rings (SSSR count). The zero-order chi connectivity index (χ0) is 97.4. The van der Waals surface area contributed by atoms with Crippen molar-refractivity contribution >= 4 is 240 Å². The zero-order valence-corrected chi connectivity index (χ0v) is 81.0. The molecule has 0 saturated carbocycles. The van der Waals surface area contributed by atoms with Gasteiger partial charge in [-0.3, -0.25) is 0 Å². The summed E-state index contributed by atoms with van der Waals surface area (Å²) in [6.07, 6.45) is 0. The largest absolute Gasteiger partial charge is 0.311 e. The smallest absolute Gasteiger partial charge is 0.252 e. The van der Waals surface area contributed by atoms with E-state index in [9.17, 15) is 0 Å². The van der Waals surface area contributed by atoms with Gasteiger partial charge in [0.1, 0.15) is 0 Å². The van der Waals surface area contributed by atoms with Crippen LogP contribution in [0.2, 0.25) is 0 Å². The Bertz CT molecular complexity index is 8880. The van der Waals surface area contributed by atoms with Crippen LogP contribution < -0.4 is 105 Å². The Labute approximate surface area is 864 Å². The van der Waals surface area contributed by atoms with Gasteiger partial charge in [-0.05, 0) is 281 Å². The number of benzene rings is 23. The van der Waals surface area contributed by atoms with E-state index in [1.54, 1.807) is 0 Å². The molecule has 0 aliphatic carbocycles. The molecule has 0 saturated heterocycles. The Kier molecular flexibility index (Phi) is 20.6. The van der Waals surface area contributed by atoms with Gasteiger partial charge in [0.2, 0.25) is 6.71 Å². The molecule has 23 aromatic carbocycles. The van der Waals surface area contributed by atoms with Crippen LogP contribution in [-0.4, -0.2) is 26.9 Å². The molecule has 0 fully saturated rings. The lowest BCUT2D eigenvalue weighted by Gasteiger charge is -2.46. The molecule has 0 unspecified atom stereocenters. The Morgan fingerprint density at radius 3 is 0.750 bits per heavy atom. The molecule has 0 aromatic heterocycles. The third-order valence-corrected chi connectivity index (χ3v) is 31.2. The van der Waals surface area contributed by atoms with Gasteiger partial charge in [0, 0.05) is 119 Å². The van der Waals surface area contributed by atoms with Gasteiger partial charge in [-0.15, -0.1) is 0 Å². The molecule has 0 spiro atoms. The van der Waals surface area contributed by atoms with Crippen LogP contribution in [0.1, 0.15) is 0 Å². The molecular weight excluding hydrogens is 1790 g/mol. The fourth-order valence-electron chi connectivity index (χ4n) is 25.1. The van der Waals surface area contributed by atoms with Crippen LogP contribution in [0.4, 0.5) is 136 Å². The maximum absolute atomic E-state index is 2.60. The van der Waals surface area contributed by atoms with Crippen LogP contribution in [-0.2, 0) is 0 Å². The molecule has 8 nitrogen and oxygen atoms in total. The normalized spacial score (nSPS) is 13.2. The third kappa shape index (κ3) is 13.8. The van der Waals surface area contributed by atoms with Crippen molar-refractivity contribution in [3.63, 3.8) is 0 Å². The van der Waals surface area contributed by atoms with Crippen molar-refractivity contribution in [3.8, 4) is 33.4 Å². The molecule has 23 aromatic rings. The molecule has 8 aliphatic heterocycles. The molecule has 148 heavy (non-hydrogen) atoms. The lowest BCUT2D eigenvalue weighted by atomic mass is 9.33. The van der Waals surface area contributed by atoms with E-state index < -0.39 is 0 Å². The minimum atomic E-state index is 0.0215. The highest BCUT2D eigenvalue weighted by molar-refractivity contribution is 7.02. The molecule has 0 bridgehead atoms. The topological polar surface area (TPSA) is 25.9 Å². The Morgan fingerprint density at radius 2 is 0.365 bits per heavy atom. The van der Waals surface area contributed by atoms with Gasteiger partial charge in [0.05, 0.1) is 22.7 Å². The van der Waals surface area contributed by atoms with Crippen molar-refractivity contribution in [1.29, 1.82) is 0 Å². The molecule has 12 heteroatoms. The molecule has 8 aliphatic rings. The van der Waals surface area contributed by atoms with Crippen LogP contribution in [0, 0.1) is 0 Å². The maximum Gasteiger partial charge on any atom is 0.252 e. The Morgan fingerprint density at radius 1 is 0.122 bits per heavy atom. The van der Waals surface area contributed by atoms with E-state index in [1.807, 2.05) is 0 Å². The average molecular weight is 1880 g/mol. The fraction of sp³-hybridized carbons (Fsp3) is 0. The number of hydrogen-bond acceptors (Lipinski definition) is 8. The quantitative estimate of drug-likeness (QED) is 0.118. The highest BCUT2D eigenvalue weighted by atomic mass is 15.3. The number of anilines is 24. The standard InChI is InChI=1S/C58H38B2N4.C42H29BN2.C36H25BN2/c1-5-19-40(20-6-1)59-45-27-13-16-31-50(45)64-57-44-38-55-48(37-39(44)35-36-54(57)63(43-25-11-4-12-26-43)53-34-17-29-47(59)58(53)64)60-46-28-14-15-30-49(46)61(41-21-7-2-8-22-41)51-32-18-33-52(56(51)60)62(55)42-23-9-3-10-24-42;1-4-15-30(16-5-1)31-17-14-18-32(27-31)33-28-40-42-41(29-33)45(35-21-8-3-9-22-35)39-26-13-11-24-37(39)43(42)36-23-10-12-25-38(36)44(40)34-19-6-2-7-20-34;1-4-14-26(15-5-1)27-24-34-36-35(25-27)39(29-18-8-3-9-19-29)33-23-13-11-21-31(33)37(36)30-20-10-12-22-32(30)38(34)28-16-6-2-7-17-28/h1-38H;1-29H;1-25H. The number of para-hydroxylation sites is 14. The van der Waals surface area contributed by atoms with Crippen molar-refractivity contribution in [3.05, 3.63) is 558 Å². The predicted molar refractivity (Wildman–Crippen MR) is 629 cm³/mol. The summed E-state index contributed by atoms with van der Waals surface area (Å²) in [5.41, 5.74) is 51.8. The van der Waals surface area contributed by atoms with Crippen LogP contribution in [0.15, 0.2) is 558 Å². The SMILES string of the molecule is c1ccc(-c2cc3c4c(c2)N(c2ccccc2)c2ccccc2B4c2ccccc2N3c2ccccc2)cc1.c1ccc(-c2cccc(-c3cc4c5c(c3)N(c3ccccc3)c3ccccc3B5c3ccccc3N4c3ccccc3)c2)cc1.c1ccc(B2c3ccccc3N3c4c2cccc4N(c2ccccc2)c2ccc4cc5c(cc4c23)N(c2ccccc2)c2cccc3c2B5c2ccccc2N3c2ccccc2)cc1. The number of nitrogens with zero attached hydrogens (tertiary/aromatic N) is 8. The van der Waals surface area contributed by atoms with Crippen LogP contribution >= 0.6 is 0 Å². The number of fused-ring (bicyclic) bond motifs is 18. The summed E-state index contributed by atoms with van der Waals surface area (Å²) in [5, 5.41) is 2.42. The van der Waals surface area contributed by atoms with Crippen LogP contribution in [0.3, 0.4) is 0 Å². The molecule has 0 amide bonds. The lowest BCUT2D eigenvalue weighted by molar-refractivity contribution is 1.18. The number of hydrogen-bond donors (Lipinski definition) is 0. The fourth-order valence-corrected chi connectivity index (χ4v) is 25.1. The maximum atomic E-state index is 2.60. The van der Waals surface area contributed by atoms with Gasteiger partial charge >= 0.3 is 0 Å². The van der Waals surface area contributed by atoms with Gasteiger partial charge in [-0.25, -0.2) is 0 Å². The van der Waals surface area contributed by atoms with E-state index >= 15 is 0 Å². The summed E-state index contributed by atoms with van der Waals surface area (Å²) >= 11 is 0. The van der Waals surface area contributed by atoms with E-state index in [-0.39, 0.29) is 26.9 Å². The highest BCUT2D eigenvalue weighted by Crippen LogP contribution is 2.59. The third-order valence-electron chi connectivity index (χ3n) is 31.2. The van der Waals surface area contributed by atoms with Crippen LogP contribution in [0.25, 0.3) is 44.2 Å². The first-order valence-corrected chi connectivity index (χ1v) is 51.3. The van der Waals surface area contributed by atoms with Crippen molar-refractivity contribution < 1.29 is 0 Å². The molecule has 0 N–H and O–H groups in total. The van der Waals surface area contributed by atoms with Gasteiger partial charge < -0.3 is 39.2 Å². The Balaban J connectivity index is 0.000000109. The first-order valence-electron chi connectivity index (χ1n) is 51.3. The van der Waals surface area contributed by atoms with E-state index in [1.165, 1.54) is 212 Å². The van der Waals surface area contributed by atoms with Gasteiger partial charge in [-0.2, -0.15) is 0 Å². The zero-order valence-electron chi connectivity index (χ0n) is 81.0. The first kappa shape index (κ1) is 85.7. The molecule has 688 valence electrons. The summed E-state index contributed by atoms with van der Waals surface area (Å²) in [6, 6.07) is 204. The van der Waals surface area contributed by atoms with Crippen LogP contribution in [0.5, 0.6) is 0 Å². The van der Waals surface area contributed by atoms with Crippen molar-refractivity contribution in [2.75, 3.05) is 39.2 Å². The monoisotopic (exact) mass is 1880 g/mol. The lowest BCUT2D eigenvalue weighted by Crippen LogP contribution is -2.61. The minimum Gasteiger partial charge on any atom is -0.311 e. The Hall–Kier alpha value is -19.0. The summed E-state index contributed by atoms with van der Waals surface area (Å²) in [4.78, 5) is 19.9. The first-order chi connectivity index (χ1) is 73.5. The molecule has 0 atom stereocenters. The second-order valence-corrected chi connectivity index (χ2v) is 39.2. The van der Waals surface area contributed by atoms with Gasteiger partial charge in [0.25, 0.3) is 20.1 Å². The van der Waals surface area contributed by atoms with Crippen molar-refractivity contribution in [1.82, 2.24) is 0 Å². The molecule has 8 heterocycles. The number of rotatable bonds is 11. The minimum absolute atomic E-state index is 0.0215. The van der Waals surface area contributed by atoms with E-state index in [4.69, 9.17) is 0 Å². The highest BCUT2D eigenvalue weighted by Gasteiger charge is 2.50. The predicted octanol–water partition coefficient (Wildman–Crippen LogP) is 27.5. The van der Waals surface area contributed by atoms with Gasteiger partial charge in [-0.1, -0.05) is 382 Å². The second-order valence-electron chi connectivity index (χ2n) is 39.2. The van der Waals surface area contributed by atoms with Gasteiger partial charge in [0.15, 0.2) is 0 Å². The summed E-state index contributed by atoms with van der Waals surface area (Å²) in [7, 11) is 0. The summed E-state index contributed by atoms with van der Waals surface area (Å²) < 4.78 is 0. The molecular formula is C136H92B4N8. The average Bonchev–Trinajstić information content (AvgIpc) is 0.692. The van der Waals surface area contributed by atoms with E-state index in [0.717, 1.165) is 34.1 Å². The summed E-state index contributed by atoms with van der Waals surface area (Å²) in [6.45, 7) is 0.360. The van der Waals surface area contributed by atoms with E-state index in [2.05, 4.69) is 597 Å². The van der Waals surface area contributed by atoms with Crippen molar-refractivity contribution in [2.24, 2.45) is 0 Å². The van der Waals surface area contributed by atoms with E-state index in [0.29, 0.717) is 0 Å². The summed E-state index contributed by atoms with van der Waals surface area (Å²) in [5.74, 6) is 0. The van der Waals surface area contributed by atoms with Crippen molar-refractivity contribution in [2.45, 2.75) is 0 Å². The second kappa shape index (κ2) is 35.5. The molecule has 0 radical (unpaired) electrons.